The maximum Gasteiger partial charge on any atom is 0.416 e. The standard InChI is InChI=1S/C28H32ClF3N2O3S/c1-37-20-4-7-24-22(16-20)26(23(29)17-33-24)25(36)8-9-27(18-35)10-12-34(13-11-27)14-15-38-21-5-2-19(3-6-21)28(30,31)32/h2-7,16-17,25,35-36H,8-15,18H2,1H3. The SMILES string of the molecule is COc1ccc2ncc(Cl)c(C(O)CCC3(CO)CCN(CCSc4ccc(C(F)(F)F)cc4)CC3)c2c1. The lowest BCUT2D eigenvalue weighted by Crippen LogP contribution is -2.43. The van der Waals surface area contributed by atoms with Crippen molar-refractivity contribution in [2.75, 3.05) is 39.1 Å². The van der Waals surface area contributed by atoms with Gasteiger partial charge in [-0.2, -0.15) is 13.2 Å². The molecule has 38 heavy (non-hydrogen) atoms. The molecule has 0 saturated carbocycles. The fourth-order valence-corrected chi connectivity index (χ4v) is 6.18. The lowest BCUT2D eigenvalue weighted by atomic mass is 9.74. The summed E-state index contributed by atoms with van der Waals surface area (Å²) >= 11 is 7.99. The van der Waals surface area contributed by atoms with E-state index in [0.29, 0.717) is 29.2 Å². The van der Waals surface area contributed by atoms with Crippen LogP contribution in [0, 0.1) is 5.41 Å². The molecule has 1 unspecified atom stereocenters. The van der Waals surface area contributed by atoms with Crippen molar-refractivity contribution in [3.05, 3.63) is 64.8 Å². The number of likely N-dealkylation sites (tertiary alicyclic amines) is 1. The summed E-state index contributed by atoms with van der Waals surface area (Å²) in [7, 11) is 1.58. The average Bonchev–Trinajstić information content (AvgIpc) is 2.92. The highest BCUT2D eigenvalue weighted by Crippen LogP contribution is 2.40. The fourth-order valence-electron chi connectivity index (χ4n) is 4.99. The Morgan fingerprint density at radius 1 is 1.16 bits per heavy atom. The van der Waals surface area contributed by atoms with Gasteiger partial charge < -0.3 is 19.8 Å². The Kier molecular flexibility index (Phi) is 9.47. The number of ether oxygens (including phenoxy) is 1. The van der Waals surface area contributed by atoms with Crippen LogP contribution in [0.25, 0.3) is 10.9 Å². The second-order valence-electron chi connectivity index (χ2n) is 9.83. The van der Waals surface area contributed by atoms with Crippen LogP contribution in [-0.2, 0) is 6.18 Å². The number of hydrogen-bond acceptors (Lipinski definition) is 6. The van der Waals surface area contributed by atoms with Crippen LogP contribution < -0.4 is 4.74 Å². The van der Waals surface area contributed by atoms with Gasteiger partial charge in [0.1, 0.15) is 5.75 Å². The van der Waals surface area contributed by atoms with E-state index in [2.05, 4.69) is 9.88 Å². The van der Waals surface area contributed by atoms with E-state index >= 15 is 0 Å². The molecule has 1 atom stereocenters. The number of nitrogens with zero attached hydrogens (tertiary/aromatic N) is 2. The van der Waals surface area contributed by atoms with Crippen LogP contribution in [0.3, 0.4) is 0 Å². The molecule has 1 aliphatic rings. The largest absolute Gasteiger partial charge is 0.497 e. The Balaban J connectivity index is 1.30. The van der Waals surface area contributed by atoms with Crippen molar-refractivity contribution in [1.29, 1.82) is 0 Å². The molecular weight excluding hydrogens is 537 g/mol. The maximum absolute atomic E-state index is 12.7. The summed E-state index contributed by atoms with van der Waals surface area (Å²) in [6, 6.07) is 10.7. The molecule has 5 nitrogen and oxygen atoms in total. The maximum atomic E-state index is 12.7. The van der Waals surface area contributed by atoms with Crippen molar-refractivity contribution >= 4 is 34.3 Å². The number of alkyl halides is 3. The number of pyridine rings is 1. The van der Waals surface area contributed by atoms with Crippen molar-refractivity contribution < 1.29 is 28.1 Å². The van der Waals surface area contributed by atoms with Crippen molar-refractivity contribution in [2.24, 2.45) is 5.41 Å². The summed E-state index contributed by atoms with van der Waals surface area (Å²) in [5.74, 6) is 1.43. The van der Waals surface area contributed by atoms with Gasteiger partial charge in [0.2, 0.25) is 0 Å². The molecule has 0 spiro atoms. The third kappa shape index (κ3) is 6.93. The first-order valence-corrected chi connectivity index (χ1v) is 13.9. The number of piperidine rings is 1. The number of hydrogen-bond donors (Lipinski definition) is 2. The first-order valence-electron chi connectivity index (χ1n) is 12.6. The predicted molar refractivity (Wildman–Crippen MR) is 145 cm³/mol. The van der Waals surface area contributed by atoms with E-state index in [0.717, 1.165) is 66.2 Å². The molecule has 0 radical (unpaired) electrons. The highest BCUT2D eigenvalue weighted by Gasteiger charge is 2.35. The van der Waals surface area contributed by atoms with Gasteiger partial charge in [0.25, 0.3) is 0 Å². The van der Waals surface area contributed by atoms with Gasteiger partial charge in [-0.3, -0.25) is 4.98 Å². The molecule has 1 saturated heterocycles. The van der Waals surface area contributed by atoms with Crippen LogP contribution in [0.4, 0.5) is 13.2 Å². The highest BCUT2D eigenvalue weighted by molar-refractivity contribution is 7.99. The Bertz CT molecular complexity index is 1220. The Morgan fingerprint density at radius 3 is 2.50 bits per heavy atom. The molecule has 1 aromatic heterocycles. The molecule has 1 aliphatic heterocycles. The first-order chi connectivity index (χ1) is 18.1. The van der Waals surface area contributed by atoms with Crippen LogP contribution in [0.1, 0.15) is 42.9 Å². The molecule has 2 heterocycles. The Hall–Kier alpha value is -2.04. The summed E-state index contributed by atoms with van der Waals surface area (Å²) < 4.78 is 43.6. The number of aliphatic hydroxyl groups excluding tert-OH is 2. The number of rotatable bonds is 10. The predicted octanol–water partition coefficient (Wildman–Crippen LogP) is 6.60. The number of aliphatic hydroxyl groups is 2. The van der Waals surface area contributed by atoms with Crippen LogP contribution in [-0.4, -0.2) is 59.2 Å². The molecule has 3 aromatic rings. The van der Waals surface area contributed by atoms with Gasteiger partial charge in [-0.15, -0.1) is 11.8 Å². The van der Waals surface area contributed by atoms with E-state index in [1.807, 2.05) is 18.2 Å². The third-order valence-corrected chi connectivity index (χ3v) is 8.75. The van der Waals surface area contributed by atoms with Gasteiger partial charge in [-0.05, 0) is 86.7 Å². The van der Waals surface area contributed by atoms with Crippen LogP contribution >= 0.6 is 23.4 Å². The minimum absolute atomic E-state index is 0.0481. The minimum Gasteiger partial charge on any atom is -0.497 e. The van der Waals surface area contributed by atoms with E-state index in [-0.39, 0.29) is 12.0 Å². The van der Waals surface area contributed by atoms with Crippen molar-refractivity contribution in [3.63, 3.8) is 0 Å². The fraction of sp³-hybridized carbons (Fsp3) is 0.464. The van der Waals surface area contributed by atoms with Gasteiger partial charge in [-0.25, -0.2) is 0 Å². The lowest BCUT2D eigenvalue weighted by molar-refractivity contribution is -0.137. The summed E-state index contributed by atoms with van der Waals surface area (Å²) in [6.07, 6.45) is -0.847. The van der Waals surface area contributed by atoms with Gasteiger partial charge in [0, 0.05) is 40.9 Å². The molecule has 10 heteroatoms. The van der Waals surface area contributed by atoms with Gasteiger partial charge >= 0.3 is 6.18 Å². The average molecular weight is 569 g/mol. The van der Waals surface area contributed by atoms with E-state index in [4.69, 9.17) is 16.3 Å². The summed E-state index contributed by atoms with van der Waals surface area (Å²) in [5, 5.41) is 22.6. The normalized spacial score (nSPS) is 17.0. The molecule has 4 rings (SSSR count). The van der Waals surface area contributed by atoms with Gasteiger partial charge in [0.05, 0.1) is 29.3 Å². The number of halogens is 4. The number of aromatic nitrogens is 1. The van der Waals surface area contributed by atoms with Gasteiger partial charge in [0.15, 0.2) is 0 Å². The zero-order chi connectivity index (χ0) is 27.3. The quantitative estimate of drug-likeness (QED) is 0.269. The molecule has 1 fully saturated rings. The zero-order valence-electron chi connectivity index (χ0n) is 21.2. The zero-order valence-corrected chi connectivity index (χ0v) is 22.7. The van der Waals surface area contributed by atoms with E-state index in [9.17, 15) is 23.4 Å². The molecular formula is C28H32ClF3N2O3S. The summed E-state index contributed by atoms with van der Waals surface area (Å²) in [6.45, 7) is 2.50. The molecule has 0 amide bonds. The smallest absolute Gasteiger partial charge is 0.416 e. The molecule has 0 bridgehead atoms. The molecule has 206 valence electrons. The monoisotopic (exact) mass is 568 g/mol. The lowest BCUT2D eigenvalue weighted by Gasteiger charge is -2.41. The second-order valence-corrected chi connectivity index (χ2v) is 11.4. The van der Waals surface area contributed by atoms with Crippen molar-refractivity contribution in [2.45, 2.75) is 42.9 Å². The summed E-state index contributed by atoms with van der Waals surface area (Å²) in [4.78, 5) is 7.49. The third-order valence-electron chi connectivity index (χ3n) is 7.46. The second kappa shape index (κ2) is 12.4. The minimum atomic E-state index is -4.32. The van der Waals surface area contributed by atoms with E-state index in [1.54, 1.807) is 13.3 Å². The molecule has 2 aromatic carbocycles. The first kappa shape index (κ1) is 29.0. The van der Waals surface area contributed by atoms with Crippen LogP contribution in [0.15, 0.2) is 53.6 Å². The van der Waals surface area contributed by atoms with Crippen molar-refractivity contribution in [1.82, 2.24) is 9.88 Å². The molecule has 0 aliphatic carbocycles. The number of thioether (sulfide) groups is 1. The van der Waals surface area contributed by atoms with Crippen LogP contribution in [0.5, 0.6) is 5.75 Å². The van der Waals surface area contributed by atoms with Gasteiger partial charge in [-0.1, -0.05) is 11.6 Å². The highest BCUT2D eigenvalue weighted by atomic mass is 35.5. The number of fused-ring (bicyclic) bond motifs is 1. The van der Waals surface area contributed by atoms with Crippen LogP contribution in [0.2, 0.25) is 5.02 Å². The summed E-state index contributed by atoms with van der Waals surface area (Å²) in [5.41, 5.74) is 0.442. The Morgan fingerprint density at radius 2 is 1.87 bits per heavy atom. The molecule has 2 N–H and O–H groups in total. The number of methoxy groups -OCH3 is 1. The Labute approximate surface area is 230 Å². The topological polar surface area (TPSA) is 65.8 Å². The number of benzene rings is 2. The van der Waals surface area contributed by atoms with E-state index < -0.39 is 17.8 Å². The van der Waals surface area contributed by atoms with E-state index in [1.165, 1.54) is 23.9 Å². The van der Waals surface area contributed by atoms with Crippen molar-refractivity contribution in [3.8, 4) is 5.75 Å².